The Morgan fingerprint density at radius 1 is 1.06 bits per heavy atom. The summed E-state index contributed by atoms with van der Waals surface area (Å²) in [6.45, 7) is 5.21. The number of nitrogens with zero attached hydrogens (tertiary/aromatic N) is 5. The smallest absolute Gasteiger partial charge is 0.242 e. The van der Waals surface area contributed by atoms with Crippen LogP contribution in [0.1, 0.15) is 13.3 Å². The van der Waals surface area contributed by atoms with E-state index in [4.69, 9.17) is 9.47 Å². The van der Waals surface area contributed by atoms with Gasteiger partial charge < -0.3 is 24.2 Å². The summed E-state index contributed by atoms with van der Waals surface area (Å²) in [6, 6.07) is 11.6. The number of ether oxygens (including phenoxy) is 2. The van der Waals surface area contributed by atoms with Gasteiger partial charge in [0, 0.05) is 51.8 Å². The van der Waals surface area contributed by atoms with Crippen molar-refractivity contribution >= 4 is 17.6 Å². The van der Waals surface area contributed by atoms with E-state index in [1.807, 2.05) is 36.4 Å². The van der Waals surface area contributed by atoms with Crippen molar-refractivity contribution in [1.82, 2.24) is 20.0 Å². The zero-order valence-corrected chi connectivity index (χ0v) is 19.0. The second-order valence-corrected chi connectivity index (χ2v) is 7.54. The number of hydrogen-bond donors (Lipinski definition) is 0. The van der Waals surface area contributed by atoms with Gasteiger partial charge in [0.15, 0.2) is 5.82 Å². The largest absolute Gasteiger partial charge is 0.497 e. The fraction of sp³-hybridized carbons (Fsp3) is 0.478. The van der Waals surface area contributed by atoms with Gasteiger partial charge in [-0.2, -0.15) is 0 Å². The number of anilines is 1. The molecule has 0 spiro atoms. The molecule has 0 atom stereocenters. The van der Waals surface area contributed by atoms with Crippen LogP contribution in [0.15, 0.2) is 36.4 Å². The molecule has 1 fully saturated rings. The Bertz CT molecular complexity index is 898. The Hall–Kier alpha value is -3.20. The van der Waals surface area contributed by atoms with Crippen LogP contribution in [0.25, 0.3) is 11.3 Å². The maximum absolute atomic E-state index is 12.7. The van der Waals surface area contributed by atoms with Gasteiger partial charge in [-0.1, -0.05) is 19.1 Å². The van der Waals surface area contributed by atoms with E-state index in [9.17, 15) is 9.59 Å². The number of aromatic nitrogens is 2. The predicted octanol–water partition coefficient (Wildman–Crippen LogP) is 1.69. The first-order valence-corrected chi connectivity index (χ1v) is 10.8. The maximum Gasteiger partial charge on any atom is 0.242 e. The molecule has 32 heavy (non-hydrogen) atoms. The summed E-state index contributed by atoms with van der Waals surface area (Å²) in [4.78, 5) is 30.3. The highest BCUT2D eigenvalue weighted by Gasteiger charge is 2.25. The molecule has 0 aliphatic carbocycles. The van der Waals surface area contributed by atoms with Crippen molar-refractivity contribution in [2.45, 2.75) is 13.3 Å². The molecule has 0 radical (unpaired) electrons. The van der Waals surface area contributed by atoms with E-state index >= 15 is 0 Å². The summed E-state index contributed by atoms with van der Waals surface area (Å²) >= 11 is 0. The highest BCUT2D eigenvalue weighted by atomic mass is 16.5. The topological polar surface area (TPSA) is 88.1 Å². The maximum atomic E-state index is 12.7. The van der Waals surface area contributed by atoms with E-state index in [1.54, 1.807) is 30.9 Å². The Kier molecular flexibility index (Phi) is 8.38. The summed E-state index contributed by atoms with van der Waals surface area (Å²) in [6.07, 6.45) is 0.370. The summed E-state index contributed by atoms with van der Waals surface area (Å²) in [7, 11) is 3.22. The normalized spacial score (nSPS) is 13.7. The average molecular weight is 442 g/mol. The molecule has 2 heterocycles. The quantitative estimate of drug-likeness (QED) is 0.585. The lowest BCUT2D eigenvalue weighted by molar-refractivity contribution is -0.141. The lowest BCUT2D eigenvalue weighted by Crippen LogP contribution is -2.52. The number of carbonyl (C=O) groups is 2. The van der Waals surface area contributed by atoms with Gasteiger partial charge in [-0.25, -0.2) is 0 Å². The Balaban J connectivity index is 1.55. The van der Waals surface area contributed by atoms with E-state index in [1.165, 1.54) is 0 Å². The van der Waals surface area contributed by atoms with Gasteiger partial charge in [-0.3, -0.25) is 9.59 Å². The molecule has 0 unspecified atom stereocenters. The molecular weight excluding hydrogens is 410 g/mol. The molecule has 1 saturated heterocycles. The van der Waals surface area contributed by atoms with E-state index in [0.29, 0.717) is 45.8 Å². The molecule has 2 amide bonds. The molecule has 0 saturated carbocycles. The minimum absolute atomic E-state index is 0.0398. The molecule has 1 aliphatic heterocycles. The van der Waals surface area contributed by atoms with Gasteiger partial charge in [0.2, 0.25) is 11.8 Å². The zero-order chi connectivity index (χ0) is 22.9. The SMILES string of the molecule is CCC(=O)N(CCOC)CC(=O)N1CCN(c2ccc(-c3cccc(OC)c3)nn2)CC1. The molecule has 3 rings (SSSR count). The van der Waals surface area contributed by atoms with Crippen LogP contribution >= 0.6 is 0 Å². The second-order valence-electron chi connectivity index (χ2n) is 7.54. The Morgan fingerprint density at radius 3 is 2.47 bits per heavy atom. The molecular formula is C23H31N5O4. The predicted molar refractivity (Wildman–Crippen MR) is 122 cm³/mol. The standard InChI is InChI=1S/C23H31N5O4/c1-4-22(29)28(14-15-31-2)17-23(30)27-12-10-26(11-13-27)21-9-8-20(24-25-21)18-6-5-7-19(16-18)32-3/h5-9,16H,4,10-15,17H2,1-3H3. The van der Waals surface area contributed by atoms with Crippen molar-refractivity contribution in [3.63, 3.8) is 0 Å². The van der Waals surface area contributed by atoms with Crippen LogP contribution in [0.5, 0.6) is 5.75 Å². The van der Waals surface area contributed by atoms with Crippen LogP contribution in [-0.4, -0.2) is 91.9 Å². The number of piperazine rings is 1. The van der Waals surface area contributed by atoms with Gasteiger partial charge >= 0.3 is 0 Å². The van der Waals surface area contributed by atoms with Crippen molar-refractivity contribution in [3.05, 3.63) is 36.4 Å². The summed E-state index contributed by atoms with van der Waals surface area (Å²) in [5.41, 5.74) is 1.72. The minimum Gasteiger partial charge on any atom is -0.497 e. The third kappa shape index (κ3) is 5.94. The average Bonchev–Trinajstić information content (AvgIpc) is 2.86. The highest BCUT2D eigenvalue weighted by Crippen LogP contribution is 2.23. The fourth-order valence-corrected chi connectivity index (χ4v) is 3.60. The minimum atomic E-state index is -0.0413. The van der Waals surface area contributed by atoms with Crippen LogP contribution in [0.2, 0.25) is 0 Å². The molecule has 1 aromatic heterocycles. The summed E-state index contributed by atoms with van der Waals surface area (Å²) in [5.74, 6) is 1.48. The molecule has 172 valence electrons. The monoisotopic (exact) mass is 441 g/mol. The van der Waals surface area contributed by atoms with E-state index < -0.39 is 0 Å². The third-order valence-electron chi connectivity index (χ3n) is 5.52. The third-order valence-corrected chi connectivity index (χ3v) is 5.52. The van der Waals surface area contributed by atoms with Crippen LogP contribution < -0.4 is 9.64 Å². The first-order valence-electron chi connectivity index (χ1n) is 10.8. The van der Waals surface area contributed by atoms with E-state index in [-0.39, 0.29) is 18.4 Å². The fourth-order valence-electron chi connectivity index (χ4n) is 3.60. The van der Waals surface area contributed by atoms with Crippen molar-refractivity contribution in [3.8, 4) is 17.0 Å². The zero-order valence-electron chi connectivity index (χ0n) is 19.0. The number of hydrogen-bond acceptors (Lipinski definition) is 7. The van der Waals surface area contributed by atoms with Crippen molar-refractivity contribution < 1.29 is 19.1 Å². The number of carbonyl (C=O) groups excluding carboxylic acids is 2. The van der Waals surface area contributed by atoms with Gasteiger partial charge in [0.05, 0.1) is 26.0 Å². The summed E-state index contributed by atoms with van der Waals surface area (Å²) < 4.78 is 10.3. The van der Waals surface area contributed by atoms with E-state index in [0.717, 1.165) is 22.8 Å². The number of benzene rings is 1. The van der Waals surface area contributed by atoms with Gasteiger partial charge in [0.1, 0.15) is 5.75 Å². The number of rotatable bonds is 9. The molecule has 9 nitrogen and oxygen atoms in total. The van der Waals surface area contributed by atoms with Gasteiger partial charge in [0.25, 0.3) is 0 Å². The molecule has 2 aromatic rings. The first-order chi connectivity index (χ1) is 15.5. The van der Waals surface area contributed by atoms with Crippen LogP contribution in [0.3, 0.4) is 0 Å². The molecule has 0 N–H and O–H groups in total. The highest BCUT2D eigenvalue weighted by molar-refractivity contribution is 5.85. The van der Waals surface area contributed by atoms with Gasteiger partial charge in [-0.05, 0) is 24.3 Å². The first kappa shape index (κ1) is 23.5. The molecule has 1 aromatic carbocycles. The summed E-state index contributed by atoms with van der Waals surface area (Å²) in [5, 5.41) is 8.75. The van der Waals surface area contributed by atoms with Crippen molar-refractivity contribution in [1.29, 1.82) is 0 Å². The lowest BCUT2D eigenvalue weighted by atomic mass is 10.1. The molecule has 1 aliphatic rings. The lowest BCUT2D eigenvalue weighted by Gasteiger charge is -2.36. The second kappa shape index (κ2) is 11.4. The Labute approximate surface area is 188 Å². The van der Waals surface area contributed by atoms with Crippen molar-refractivity contribution in [2.75, 3.05) is 65.0 Å². The van der Waals surface area contributed by atoms with Crippen molar-refractivity contribution in [2.24, 2.45) is 0 Å². The Morgan fingerprint density at radius 2 is 1.84 bits per heavy atom. The number of methoxy groups -OCH3 is 2. The number of amides is 2. The van der Waals surface area contributed by atoms with Crippen LogP contribution in [0.4, 0.5) is 5.82 Å². The molecule has 9 heteroatoms. The molecule has 0 bridgehead atoms. The van der Waals surface area contributed by atoms with Gasteiger partial charge in [-0.15, -0.1) is 10.2 Å². The van der Waals surface area contributed by atoms with Crippen LogP contribution in [0, 0.1) is 0 Å². The van der Waals surface area contributed by atoms with Crippen LogP contribution in [-0.2, 0) is 14.3 Å². The van der Waals surface area contributed by atoms with E-state index in [2.05, 4.69) is 15.1 Å².